The number of aryl methyl sites for hydroxylation is 1. The van der Waals surface area contributed by atoms with Crippen molar-refractivity contribution in [1.29, 1.82) is 0 Å². The van der Waals surface area contributed by atoms with Crippen LogP contribution in [0.3, 0.4) is 0 Å². The molecule has 0 bridgehead atoms. The van der Waals surface area contributed by atoms with Gasteiger partial charge in [-0.1, -0.05) is 17.3 Å². The van der Waals surface area contributed by atoms with Gasteiger partial charge in [0.15, 0.2) is 9.84 Å². The van der Waals surface area contributed by atoms with Crippen LogP contribution in [0.5, 0.6) is 5.95 Å². The summed E-state index contributed by atoms with van der Waals surface area (Å²) in [4.78, 5) is 11.6. The summed E-state index contributed by atoms with van der Waals surface area (Å²) in [6, 6.07) is 8.34. The maximum atomic E-state index is 11.6. The van der Waals surface area contributed by atoms with Crippen molar-refractivity contribution in [2.75, 3.05) is 18.1 Å². The molecule has 1 aromatic carbocycles. The number of nitrogens with one attached hydrogen (secondary N) is 1. The van der Waals surface area contributed by atoms with Gasteiger partial charge in [0.1, 0.15) is 6.54 Å². The van der Waals surface area contributed by atoms with Crippen molar-refractivity contribution >= 4 is 21.5 Å². The summed E-state index contributed by atoms with van der Waals surface area (Å²) >= 11 is 0. The van der Waals surface area contributed by atoms with Gasteiger partial charge >= 0.3 is 11.9 Å². The van der Waals surface area contributed by atoms with Crippen molar-refractivity contribution in [2.24, 2.45) is 0 Å². The second kappa shape index (κ2) is 6.61. The minimum Gasteiger partial charge on any atom is -0.390 e. The molecule has 0 aliphatic carbocycles. The molecule has 0 radical (unpaired) electrons. The Hall–Kier alpha value is -2.35. The Morgan fingerprint density at radius 3 is 2.77 bits per heavy atom. The smallest absolute Gasteiger partial charge is 0.333 e. The zero-order chi connectivity index (χ0) is 16.2. The van der Waals surface area contributed by atoms with E-state index in [1.807, 2.05) is 0 Å². The van der Waals surface area contributed by atoms with Gasteiger partial charge in [-0.2, -0.15) is 0 Å². The highest BCUT2D eigenvalue weighted by Crippen LogP contribution is 2.14. The van der Waals surface area contributed by atoms with Gasteiger partial charge in [-0.05, 0) is 24.6 Å². The van der Waals surface area contributed by atoms with Crippen molar-refractivity contribution in [3.63, 3.8) is 0 Å². The molecule has 0 aliphatic rings. The van der Waals surface area contributed by atoms with Gasteiger partial charge in [-0.15, -0.1) is 0 Å². The molecular weight excluding hydrogens is 308 g/mol. The normalized spacial score (nSPS) is 11.2. The molecule has 0 saturated carbocycles. The third-order valence-corrected chi connectivity index (χ3v) is 3.47. The number of esters is 1. The zero-order valence-corrected chi connectivity index (χ0v) is 13.0. The quantitative estimate of drug-likeness (QED) is 0.805. The van der Waals surface area contributed by atoms with Crippen LogP contribution in [0.25, 0.3) is 0 Å². The van der Waals surface area contributed by atoms with Gasteiger partial charge in [0.2, 0.25) is 0 Å². The van der Waals surface area contributed by atoms with Crippen LogP contribution >= 0.6 is 0 Å². The molecule has 1 heterocycles. The molecule has 0 aliphatic heterocycles. The van der Waals surface area contributed by atoms with Gasteiger partial charge < -0.3 is 14.6 Å². The second-order valence-corrected chi connectivity index (χ2v) is 7.03. The number of hydrogen-bond donors (Lipinski definition) is 1. The molecule has 2 rings (SSSR count). The first-order valence-corrected chi connectivity index (χ1v) is 8.52. The van der Waals surface area contributed by atoms with Crippen LogP contribution in [0.15, 0.2) is 34.9 Å². The van der Waals surface area contributed by atoms with Crippen LogP contribution in [0.4, 0.5) is 5.69 Å². The van der Waals surface area contributed by atoms with E-state index < -0.39 is 15.8 Å². The summed E-state index contributed by atoms with van der Waals surface area (Å²) in [7, 11) is -3.10. The van der Waals surface area contributed by atoms with E-state index in [2.05, 4.69) is 10.5 Å². The molecule has 0 fully saturated rings. The lowest BCUT2D eigenvalue weighted by Gasteiger charge is -2.07. The molecule has 0 spiro atoms. The first kappa shape index (κ1) is 16.0. The molecule has 1 N–H and O–H groups in total. The minimum absolute atomic E-state index is 0.0372. The van der Waals surface area contributed by atoms with Gasteiger partial charge in [0.25, 0.3) is 0 Å². The number of aromatic nitrogens is 1. The Kier molecular flexibility index (Phi) is 4.81. The van der Waals surface area contributed by atoms with Crippen molar-refractivity contribution in [3.8, 4) is 5.95 Å². The van der Waals surface area contributed by atoms with Crippen LogP contribution in [0, 0.1) is 6.92 Å². The Balaban J connectivity index is 1.91. The number of nitrogens with zero attached hydrogens (tertiary/aromatic N) is 1. The Labute approximate surface area is 128 Å². The topological polar surface area (TPSA) is 98.5 Å². The molecule has 0 saturated heterocycles. The highest BCUT2D eigenvalue weighted by molar-refractivity contribution is 7.89. The molecule has 0 unspecified atom stereocenters. The third kappa shape index (κ3) is 5.21. The zero-order valence-electron chi connectivity index (χ0n) is 12.2. The van der Waals surface area contributed by atoms with Crippen LogP contribution in [-0.2, 0) is 20.4 Å². The van der Waals surface area contributed by atoms with Crippen molar-refractivity contribution < 1.29 is 22.5 Å². The molecule has 2 aromatic rings. The molecule has 22 heavy (non-hydrogen) atoms. The first-order valence-electron chi connectivity index (χ1n) is 6.46. The number of carbonyl (C=O) groups excluding carboxylic acids is 1. The summed E-state index contributed by atoms with van der Waals surface area (Å²) in [6.07, 6.45) is 1.17. The number of sulfone groups is 1. The predicted octanol–water partition coefficient (Wildman–Crippen LogP) is 1.55. The fourth-order valence-corrected chi connectivity index (χ4v) is 2.57. The largest absolute Gasteiger partial charge is 0.390 e. The number of carbonyl (C=O) groups is 1. The van der Waals surface area contributed by atoms with Gasteiger partial charge in [0, 0.05) is 18.0 Å². The summed E-state index contributed by atoms with van der Waals surface area (Å²) in [5.74, 6) is -0.551. The van der Waals surface area contributed by atoms with Crippen LogP contribution in [0.1, 0.15) is 11.3 Å². The fourth-order valence-electron chi connectivity index (χ4n) is 1.78. The number of ether oxygens (including phenoxy) is 1. The standard InChI is InChI=1S/C14H16N2O5S/c1-10-6-14(21-16-10)20-13(17)8-15-12-5-3-4-11(7-12)9-22(2,18)19/h3-7,15H,8-9H2,1-2H3. The van der Waals surface area contributed by atoms with E-state index in [9.17, 15) is 13.2 Å². The van der Waals surface area contributed by atoms with E-state index in [-0.39, 0.29) is 18.2 Å². The Morgan fingerprint density at radius 1 is 1.36 bits per heavy atom. The molecule has 8 heteroatoms. The number of benzene rings is 1. The maximum absolute atomic E-state index is 11.6. The molecule has 7 nitrogen and oxygen atoms in total. The maximum Gasteiger partial charge on any atom is 0.333 e. The molecule has 0 atom stereocenters. The lowest BCUT2D eigenvalue weighted by Crippen LogP contribution is -2.19. The lowest BCUT2D eigenvalue weighted by molar-refractivity contribution is -0.133. The number of anilines is 1. The summed E-state index contributed by atoms with van der Waals surface area (Å²) < 4.78 is 32.3. The third-order valence-electron chi connectivity index (χ3n) is 2.61. The van der Waals surface area contributed by atoms with Crippen LogP contribution in [-0.4, -0.2) is 32.3 Å². The molecule has 1 aromatic heterocycles. The van der Waals surface area contributed by atoms with E-state index >= 15 is 0 Å². The van der Waals surface area contributed by atoms with E-state index in [0.29, 0.717) is 16.9 Å². The average molecular weight is 324 g/mol. The van der Waals surface area contributed by atoms with Crippen LogP contribution in [0.2, 0.25) is 0 Å². The highest BCUT2D eigenvalue weighted by Gasteiger charge is 2.09. The Morgan fingerprint density at radius 2 is 2.14 bits per heavy atom. The van der Waals surface area contributed by atoms with Gasteiger partial charge in [-0.3, -0.25) is 0 Å². The number of rotatable bonds is 6. The molecule has 0 amide bonds. The minimum atomic E-state index is -3.10. The van der Waals surface area contributed by atoms with Gasteiger partial charge in [0.05, 0.1) is 11.4 Å². The van der Waals surface area contributed by atoms with Crippen molar-refractivity contribution in [3.05, 3.63) is 41.6 Å². The van der Waals surface area contributed by atoms with E-state index in [1.165, 1.54) is 12.3 Å². The van der Waals surface area contributed by atoms with E-state index in [1.54, 1.807) is 31.2 Å². The first-order chi connectivity index (χ1) is 10.3. The van der Waals surface area contributed by atoms with Crippen molar-refractivity contribution in [1.82, 2.24) is 5.16 Å². The summed E-state index contributed by atoms with van der Waals surface area (Å²) in [5.41, 5.74) is 1.89. The van der Waals surface area contributed by atoms with E-state index in [0.717, 1.165) is 0 Å². The van der Waals surface area contributed by atoms with Crippen LogP contribution < -0.4 is 10.1 Å². The number of hydrogen-bond acceptors (Lipinski definition) is 7. The average Bonchev–Trinajstić information content (AvgIpc) is 2.80. The summed E-state index contributed by atoms with van der Waals surface area (Å²) in [5, 5.41) is 6.47. The van der Waals surface area contributed by atoms with E-state index in [4.69, 9.17) is 9.26 Å². The monoisotopic (exact) mass is 324 g/mol. The summed E-state index contributed by atoms with van der Waals surface area (Å²) in [6.45, 7) is 1.63. The Bertz CT molecular complexity index is 767. The van der Waals surface area contributed by atoms with Gasteiger partial charge in [-0.25, -0.2) is 13.2 Å². The molecular formula is C14H16N2O5S. The SMILES string of the molecule is Cc1cc(OC(=O)CNc2cccc(CS(C)(=O)=O)c2)on1. The fraction of sp³-hybridized carbons (Fsp3) is 0.286. The van der Waals surface area contributed by atoms with Crippen molar-refractivity contribution in [2.45, 2.75) is 12.7 Å². The predicted molar refractivity (Wildman–Crippen MR) is 80.4 cm³/mol. The lowest BCUT2D eigenvalue weighted by atomic mass is 10.2. The second-order valence-electron chi connectivity index (χ2n) is 4.89. The molecule has 118 valence electrons. The highest BCUT2D eigenvalue weighted by atomic mass is 32.2.